The van der Waals surface area contributed by atoms with Gasteiger partial charge in [0.25, 0.3) is 0 Å². The zero-order valence-electron chi connectivity index (χ0n) is 8.93. The Kier molecular flexibility index (Phi) is 3.72. The van der Waals surface area contributed by atoms with Gasteiger partial charge in [-0.25, -0.2) is 5.01 Å². The van der Waals surface area contributed by atoms with Crippen LogP contribution in [0.25, 0.3) is 0 Å². The molecule has 0 spiro atoms. The zero-order chi connectivity index (χ0) is 10.5. The quantitative estimate of drug-likeness (QED) is 0.762. The predicted molar refractivity (Wildman–Crippen MR) is 60.0 cm³/mol. The van der Waals surface area contributed by atoms with Crippen LogP contribution in [-0.2, 0) is 11.3 Å². The van der Waals surface area contributed by atoms with Crippen LogP contribution < -0.4 is 5.84 Å². The maximum absolute atomic E-state index is 5.82. The Morgan fingerprint density at radius 1 is 1.33 bits per heavy atom. The van der Waals surface area contributed by atoms with Crippen LogP contribution in [-0.4, -0.2) is 24.2 Å². The Bertz CT molecular complexity index is 289. The number of ether oxygens (including phenoxy) is 1. The Labute approximate surface area is 90.8 Å². The maximum atomic E-state index is 5.82. The molecular formula is C12H18N2O. The van der Waals surface area contributed by atoms with Crippen LogP contribution in [0.5, 0.6) is 0 Å². The molecule has 1 heterocycles. The summed E-state index contributed by atoms with van der Waals surface area (Å²) in [7, 11) is 0. The van der Waals surface area contributed by atoms with Crippen LogP contribution in [0, 0.1) is 0 Å². The fourth-order valence-corrected chi connectivity index (χ4v) is 1.89. The molecule has 82 valence electrons. The lowest BCUT2D eigenvalue weighted by atomic mass is 10.1. The van der Waals surface area contributed by atoms with Crippen molar-refractivity contribution in [2.45, 2.75) is 25.6 Å². The Balaban J connectivity index is 1.78. The normalized spacial score (nSPS) is 22.9. The van der Waals surface area contributed by atoms with E-state index in [1.54, 1.807) is 0 Å². The van der Waals surface area contributed by atoms with E-state index in [0.717, 1.165) is 25.9 Å². The van der Waals surface area contributed by atoms with Gasteiger partial charge in [-0.3, -0.25) is 5.84 Å². The molecule has 1 saturated heterocycles. The molecule has 1 atom stereocenters. The largest absolute Gasteiger partial charge is 0.372 e. The molecule has 1 aliphatic rings. The van der Waals surface area contributed by atoms with Crippen molar-refractivity contribution >= 4 is 0 Å². The van der Waals surface area contributed by atoms with Gasteiger partial charge in [-0.05, 0) is 18.4 Å². The van der Waals surface area contributed by atoms with E-state index in [9.17, 15) is 0 Å². The van der Waals surface area contributed by atoms with Crippen molar-refractivity contribution in [2.75, 3.05) is 13.1 Å². The first-order valence-corrected chi connectivity index (χ1v) is 5.50. The van der Waals surface area contributed by atoms with E-state index in [4.69, 9.17) is 10.6 Å². The van der Waals surface area contributed by atoms with E-state index >= 15 is 0 Å². The summed E-state index contributed by atoms with van der Waals surface area (Å²) < 4.78 is 5.82. The van der Waals surface area contributed by atoms with Gasteiger partial charge in [-0.15, -0.1) is 0 Å². The number of piperidine rings is 1. The number of benzene rings is 1. The molecule has 0 amide bonds. The number of nitrogens with two attached hydrogens (primary N) is 1. The summed E-state index contributed by atoms with van der Waals surface area (Å²) in [6.07, 6.45) is 2.56. The SMILES string of the molecule is NN1CCCC(OCc2ccccc2)C1. The molecule has 2 rings (SSSR count). The van der Waals surface area contributed by atoms with E-state index < -0.39 is 0 Å². The van der Waals surface area contributed by atoms with Gasteiger partial charge in [0, 0.05) is 13.1 Å². The summed E-state index contributed by atoms with van der Waals surface area (Å²) in [5.74, 6) is 5.75. The minimum Gasteiger partial charge on any atom is -0.372 e. The molecule has 0 bridgehead atoms. The molecule has 0 aliphatic carbocycles. The monoisotopic (exact) mass is 206 g/mol. The third-order valence-corrected chi connectivity index (χ3v) is 2.74. The molecule has 3 heteroatoms. The van der Waals surface area contributed by atoms with Gasteiger partial charge in [0.2, 0.25) is 0 Å². The fourth-order valence-electron chi connectivity index (χ4n) is 1.89. The van der Waals surface area contributed by atoms with Gasteiger partial charge in [-0.1, -0.05) is 30.3 Å². The summed E-state index contributed by atoms with van der Waals surface area (Å²) in [4.78, 5) is 0. The molecular weight excluding hydrogens is 188 g/mol. The van der Waals surface area contributed by atoms with Crippen LogP contribution in [0.2, 0.25) is 0 Å². The number of nitrogens with zero attached hydrogens (tertiary/aromatic N) is 1. The minimum absolute atomic E-state index is 0.295. The minimum atomic E-state index is 0.295. The fraction of sp³-hybridized carbons (Fsp3) is 0.500. The summed E-state index contributed by atoms with van der Waals surface area (Å²) in [6.45, 7) is 2.54. The van der Waals surface area contributed by atoms with Crippen molar-refractivity contribution in [3.8, 4) is 0 Å². The van der Waals surface area contributed by atoms with Crippen molar-refractivity contribution < 1.29 is 4.74 Å². The standard InChI is InChI=1S/C12H18N2O/c13-14-8-4-7-12(9-14)15-10-11-5-2-1-3-6-11/h1-3,5-6,12H,4,7-10,13H2. The zero-order valence-corrected chi connectivity index (χ0v) is 8.93. The van der Waals surface area contributed by atoms with Gasteiger partial charge >= 0.3 is 0 Å². The van der Waals surface area contributed by atoms with Crippen molar-refractivity contribution in [1.82, 2.24) is 5.01 Å². The third kappa shape index (κ3) is 3.30. The van der Waals surface area contributed by atoms with Gasteiger partial charge in [-0.2, -0.15) is 0 Å². The maximum Gasteiger partial charge on any atom is 0.0721 e. The average molecular weight is 206 g/mol. The highest BCUT2D eigenvalue weighted by Gasteiger charge is 2.17. The molecule has 3 nitrogen and oxygen atoms in total. The third-order valence-electron chi connectivity index (χ3n) is 2.74. The molecule has 1 unspecified atom stereocenters. The van der Waals surface area contributed by atoms with Gasteiger partial charge < -0.3 is 4.74 Å². The van der Waals surface area contributed by atoms with Gasteiger partial charge in [0.1, 0.15) is 0 Å². The van der Waals surface area contributed by atoms with Crippen molar-refractivity contribution in [3.05, 3.63) is 35.9 Å². The number of hydrogen-bond acceptors (Lipinski definition) is 3. The molecule has 1 aromatic carbocycles. The Morgan fingerprint density at radius 2 is 2.13 bits per heavy atom. The van der Waals surface area contributed by atoms with E-state index in [-0.39, 0.29) is 0 Å². The topological polar surface area (TPSA) is 38.5 Å². The molecule has 0 saturated carbocycles. The Morgan fingerprint density at radius 3 is 2.87 bits per heavy atom. The second-order valence-electron chi connectivity index (χ2n) is 4.06. The molecule has 2 N–H and O–H groups in total. The average Bonchev–Trinajstić information content (AvgIpc) is 2.28. The lowest BCUT2D eigenvalue weighted by Crippen LogP contribution is -2.43. The van der Waals surface area contributed by atoms with Crippen LogP contribution >= 0.6 is 0 Å². The van der Waals surface area contributed by atoms with Crippen molar-refractivity contribution in [3.63, 3.8) is 0 Å². The first-order valence-electron chi connectivity index (χ1n) is 5.50. The molecule has 15 heavy (non-hydrogen) atoms. The molecule has 1 aromatic rings. The smallest absolute Gasteiger partial charge is 0.0721 e. The van der Waals surface area contributed by atoms with Crippen LogP contribution in [0.15, 0.2) is 30.3 Å². The summed E-state index contributed by atoms with van der Waals surface area (Å²) >= 11 is 0. The second kappa shape index (κ2) is 5.26. The number of rotatable bonds is 3. The van der Waals surface area contributed by atoms with Crippen LogP contribution in [0.1, 0.15) is 18.4 Å². The number of hydrogen-bond donors (Lipinski definition) is 1. The van der Waals surface area contributed by atoms with E-state index in [2.05, 4.69) is 12.1 Å². The summed E-state index contributed by atoms with van der Waals surface area (Å²) in [5.41, 5.74) is 1.23. The highest BCUT2D eigenvalue weighted by atomic mass is 16.5. The van der Waals surface area contributed by atoms with Crippen LogP contribution in [0.3, 0.4) is 0 Å². The highest BCUT2D eigenvalue weighted by molar-refractivity contribution is 5.13. The van der Waals surface area contributed by atoms with Gasteiger partial charge in [0.15, 0.2) is 0 Å². The Hall–Kier alpha value is -0.900. The predicted octanol–water partition coefficient (Wildman–Crippen LogP) is 1.54. The summed E-state index contributed by atoms with van der Waals surface area (Å²) in [5, 5.41) is 1.85. The summed E-state index contributed by atoms with van der Waals surface area (Å²) in [6, 6.07) is 10.3. The molecule has 1 aliphatic heterocycles. The number of hydrazine groups is 1. The molecule has 0 radical (unpaired) electrons. The van der Waals surface area contributed by atoms with E-state index in [1.165, 1.54) is 5.56 Å². The first-order chi connectivity index (χ1) is 7.34. The molecule has 1 fully saturated rings. The van der Waals surface area contributed by atoms with Crippen LogP contribution in [0.4, 0.5) is 0 Å². The van der Waals surface area contributed by atoms with Crippen molar-refractivity contribution in [2.24, 2.45) is 5.84 Å². The molecule has 0 aromatic heterocycles. The van der Waals surface area contributed by atoms with E-state index in [1.807, 2.05) is 23.2 Å². The lowest BCUT2D eigenvalue weighted by molar-refractivity contribution is -0.0102. The van der Waals surface area contributed by atoms with Crippen molar-refractivity contribution in [1.29, 1.82) is 0 Å². The van der Waals surface area contributed by atoms with Gasteiger partial charge in [0.05, 0.1) is 12.7 Å². The van der Waals surface area contributed by atoms with E-state index in [0.29, 0.717) is 12.7 Å². The highest BCUT2D eigenvalue weighted by Crippen LogP contribution is 2.12. The second-order valence-corrected chi connectivity index (χ2v) is 4.06. The first kappa shape index (κ1) is 10.6. The lowest BCUT2D eigenvalue weighted by Gasteiger charge is -2.29.